The van der Waals surface area contributed by atoms with Crippen molar-refractivity contribution in [2.24, 2.45) is 0 Å². The Morgan fingerprint density at radius 3 is 2.50 bits per heavy atom. The van der Waals surface area contributed by atoms with Gasteiger partial charge in [0.15, 0.2) is 0 Å². The standard InChI is InChI=1S/C9H19N/c1-5-7-8-10(4)9(3)6-2/h5,7,9H,6,8H2,1-4H3. The van der Waals surface area contributed by atoms with E-state index in [0.29, 0.717) is 6.04 Å². The highest BCUT2D eigenvalue weighted by molar-refractivity contribution is 4.81. The molecule has 0 fully saturated rings. The molecular formula is C9H19N. The van der Waals surface area contributed by atoms with E-state index in [1.807, 2.05) is 0 Å². The third-order valence-electron chi connectivity index (χ3n) is 1.97. The molecule has 10 heavy (non-hydrogen) atoms. The van der Waals surface area contributed by atoms with Crippen LogP contribution >= 0.6 is 0 Å². The highest BCUT2D eigenvalue weighted by Gasteiger charge is 2.02. The molecule has 60 valence electrons. The molecule has 0 aliphatic heterocycles. The Kier molecular flexibility index (Phi) is 5.32. The topological polar surface area (TPSA) is 3.24 Å². The second kappa shape index (κ2) is 5.48. The summed E-state index contributed by atoms with van der Waals surface area (Å²) in [5.41, 5.74) is 0. The van der Waals surface area contributed by atoms with Gasteiger partial charge in [0.25, 0.3) is 0 Å². The first-order valence-corrected chi connectivity index (χ1v) is 4.03. The van der Waals surface area contributed by atoms with Crippen molar-refractivity contribution in [2.45, 2.75) is 33.2 Å². The van der Waals surface area contributed by atoms with Crippen LogP contribution in [0.25, 0.3) is 0 Å². The van der Waals surface area contributed by atoms with Crippen molar-refractivity contribution < 1.29 is 0 Å². The Morgan fingerprint density at radius 2 is 2.10 bits per heavy atom. The van der Waals surface area contributed by atoms with Crippen molar-refractivity contribution in [1.29, 1.82) is 0 Å². The van der Waals surface area contributed by atoms with E-state index in [2.05, 4.69) is 44.9 Å². The van der Waals surface area contributed by atoms with Crippen LogP contribution in [0.15, 0.2) is 12.2 Å². The molecule has 1 atom stereocenters. The lowest BCUT2D eigenvalue weighted by molar-refractivity contribution is 0.278. The number of likely N-dealkylation sites (N-methyl/N-ethyl adjacent to an activating group) is 1. The molecule has 0 aromatic rings. The lowest BCUT2D eigenvalue weighted by Crippen LogP contribution is -2.28. The Hall–Kier alpha value is -0.300. The maximum Gasteiger partial charge on any atom is 0.0162 e. The molecule has 0 saturated carbocycles. The van der Waals surface area contributed by atoms with Gasteiger partial charge in [-0.3, -0.25) is 0 Å². The summed E-state index contributed by atoms with van der Waals surface area (Å²) in [5.74, 6) is 0. The number of nitrogens with zero attached hydrogens (tertiary/aromatic N) is 1. The minimum Gasteiger partial charge on any atom is -0.300 e. The monoisotopic (exact) mass is 141 g/mol. The summed E-state index contributed by atoms with van der Waals surface area (Å²) >= 11 is 0. The summed E-state index contributed by atoms with van der Waals surface area (Å²) in [6, 6.07) is 0.705. The smallest absolute Gasteiger partial charge is 0.0162 e. The Balaban J connectivity index is 3.50. The highest BCUT2D eigenvalue weighted by Crippen LogP contribution is 1.98. The lowest BCUT2D eigenvalue weighted by Gasteiger charge is -2.21. The molecular weight excluding hydrogens is 122 g/mol. The van der Waals surface area contributed by atoms with Gasteiger partial charge in [-0.1, -0.05) is 19.1 Å². The Bertz CT molecular complexity index is 96.9. The quantitative estimate of drug-likeness (QED) is 0.543. The van der Waals surface area contributed by atoms with Crippen LogP contribution in [-0.2, 0) is 0 Å². The second-order valence-electron chi connectivity index (χ2n) is 2.77. The third kappa shape index (κ3) is 3.67. The van der Waals surface area contributed by atoms with Crippen LogP contribution in [-0.4, -0.2) is 24.5 Å². The third-order valence-corrected chi connectivity index (χ3v) is 1.97. The van der Waals surface area contributed by atoms with E-state index in [1.165, 1.54) is 6.42 Å². The molecule has 0 saturated heterocycles. The molecule has 0 aromatic heterocycles. The molecule has 0 aliphatic carbocycles. The zero-order valence-corrected chi connectivity index (χ0v) is 7.59. The van der Waals surface area contributed by atoms with Crippen LogP contribution in [0.2, 0.25) is 0 Å². The van der Waals surface area contributed by atoms with Crippen LogP contribution in [0.4, 0.5) is 0 Å². The summed E-state index contributed by atoms with van der Waals surface area (Å²) in [7, 11) is 2.16. The highest BCUT2D eigenvalue weighted by atomic mass is 15.1. The van der Waals surface area contributed by atoms with E-state index in [4.69, 9.17) is 0 Å². The summed E-state index contributed by atoms with van der Waals surface area (Å²) in [4.78, 5) is 2.35. The number of allylic oxidation sites excluding steroid dienone is 1. The van der Waals surface area contributed by atoms with Gasteiger partial charge >= 0.3 is 0 Å². The average molecular weight is 141 g/mol. The van der Waals surface area contributed by atoms with Gasteiger partial charge in [-0.2, -0.15) is 0 Å². The fraction of sp³-hybridized carbons (Fsp3) is 0.778. The number of hydrogen-bond donors (Lipinski definition) is 0. The molecule has 0 heterocycles. The van der Waals surface area contributed by atoms with Gasteiger partial charge in [0.2, 0.25) is 0 Å². The molecule has 1 unspecified atom stereocenters. The van der Waals surface area contributed by atoms with Crippen LogP contribution in [0.5, 0.6) is 0 Å². The molecule has 0 radical (unpaired) electrons. The molecule has 0 aliphatic rings. The first kappa shape index (κ1) is 9.70. The molecule has 0 spiro atoms. The van der Waals surface area contributed by atoms with Crippen molar-refractivity contribution in [2.75, 3.05) is 13.6 Å². The predicted octanol–water partition coefficient (Wildman–Crippen LogP) is 2.29. The molecule has 0 bridgehead atoms. The molecule has 1 nitrogen and oxygen atoms in total. The SMILES string of the molecule is CC=CCN(C)C(C)CC. The normalized spacial score (nSPS) is 14.9. The van der Waals surface area contributed by atoms with Crippen molar-refractivity contribution in [1.82, 2.24) is 4.90 Å². The molecule has 0 N–H and O–H groups in total. The van der Waals surface area contributed by atoms with E-state index >= 15 is 0 Å². The van der Waals surface area contributed by atoms with Crippen molar-refractivity contribution in [3.8, 4) is 0 Å². The molecule has 0 aromatic carbocycles. The lowest BCUT2D eigenvalue weighted by atomic mass is 10.2. The van der Waals surface area contributed by atoms with E-state index in [9.17, 15) is 0 Å². The predicted molar refractivity (Wildman–Crippen MR) is 47.2 cm³/mol. The molecule has 0 amide bonds. The van der Waals surface area contributed by atoms with Crippen LogP contribution in [0, 0.1) is 0 Å². The van der Waals surface area contributed by atoms with Gasteiger partial charge in [0.1, 0.15) is 0 Å². The zero-order valence-electron chi connectivity index (χ0n) is 7.59. The van der Waals surface area contributed by atoms with Crippen LogP contribution in [0.3, 0.4) is 0 Å². The van der Waals surface area contributed by atoms with E-state index in [0.717, 1.165) is 6.54 Å². The molecule has 0 rings (SSSR count). The largest absolute Gasteiger partial charge is 0.300 e. The minimum atomic E-state index is 0.705. The summed E-state index contributed by atoms with van der Waals surface area (Å²) in [5, 5.41) is 0. The fourth-order valence-corrected chi connectivity index (χ4v) is 0.763. The van der Waals surface area contributed by atoms with Crippen molar-refractivity contribution >= 4 is 0 Å². The number of hydrogen-bond acceptors (Lipinski definition) is 1. The van der Waals surface area contributed by atoms with Crippen LogP contribution in [0.1, 0.15) is 27.2 Å². The maximum atomic E-state index is 2.35. The van der Waals surface area contributed by atoms with Gasteiger partial charge in [-0.05, 0) is 27.3 Å². The Morgan fingerprint density at radius 1 is 1.50 bits per heavy atom. The van der Waals surface area contributed by atoms with E-state index in [1.54, 1.807) is 0 Å². The fourth-order valence-electron chi connectivity index (χ4n) is 0.763. The van der Waals surface area contributed by atoms with Crippen molar-refractivity contribution in [3.05, 3.63) is 12.2 Å². The minimum absolute atomic E-state index is 0.705. The average Bonchev–Trinajstić information content (AvgIpc) is 1.98. The first-order chi connectivity index (χ1) is 4.72. The summed E-state index contributed by atoms with van der Waals surface area (Å²) in [6.07, 6.45) is 5.51. The van der Waals surface area contributed by atoms with E-state index < -0.39 is 0 Å². The van der Waals surface area contributed by atoms with Gasteiger partial charge in [0.05, 0.1) is 0 Å². The first-order valence-electron chi connectivity index (χ1n) is 4.03. The maximum absolute atomic E-state index is 2.35. The Labute approximate surface area is 64.7 Å². The van der Waals surface area contributed by atoms with E-state index in [-0.39, 0.29) is 0 Å². The van der Waals surface area contributed by atoms with Gasteiger partial charge in [-0.25, -0.2) is 0 Å². The zero-order chi connectivity index (χ0) is 7.98. The van der Waals surface area contributed by atoms with Crippen molar-refractivity contribution in [3.63, 3.8) is 0 Å². The summed E-state index contributed by atoms with van der Waals surface area (Å²) < 4.78 is 0. The number of rotatable bonds is 4. The van der Waals surface area contributed by atoms with Crippen LogP contribution < -0.4 is 0 Å². The second-order valence-corrected chi connectivity index (χ2v) is 2.77. The summed E-state index contributed by atoms with van der Waals surface area (Å²) in [6.45, 7) is 7.61. The van der Waals surface area contributed by atoms with Gasteiger partial charge in [-0.15, -0.1) is 0 Å². The van der Waals surface area contributed by atoms with Gasteiger partial charge < -0.3 is 4.90 Å². The van der Waals surface area contributed by atoms with Gasteiger partial charge in [0, 0.05) is 12.6 Å². The molecule has 1 heteroatoms.